The lowest BCUT2D eigenvalue weighted by molar-refractivity contribution is 0.0544. The van der Waals surface area contributed by atoms with Crippen molar-refractivity contribution in [2.45, 2.75) is 0 Å². The van der Waals surface area contributed by atoms with Gasteiger partial charge in [-0.15, -0.1) is 10.2 Å². The van der Waals surface area contributed by atoms with E-state index in [1.54, 1.807) is 49.9 Å². The van der Waals surface area contributed by atoms with E-state index in [0.29, 0.717) is 150 Å². The van der Waals surface area contributed by atoms with E-state index in [2.05, 4.69) is 62.7 Å². The predicted octanol–water partition coefficient (Wildman–Crippen LogP) is 8.29. The topological polar surface area (TPSA) is 197 Å². The van der Waals surface area contributed by atoms with Crippen molar-refractivity contribution in [3.63, 3.8) is 0 Å². The first-order valence-corrected chi connectivity index (χ1v) is 23.9. The fourth-order valence-electron chi connectivity index (χ4n) is 6.28. The van der Waals surface area contributed by atoms with Crippen molar-refractivity contribution in [1.29, 1.82) is 0 Å². The molecule has 70 heavy (non-hydrogen) atoms. The number of azo groups is 1. The lowest BCUT2D eigenvalue weighted by Crippen LogP contribution is -2.10. The molecule has 6 aromatic rings. The Hall–Kier alpha value is -5.40. The zero-order valence-electron chi connectivity index (χ0n) is 39.6. The second-order valence-electron chi connectivity index (χ2n) is 14.8. The van der Waals surface area contributed by atoms with Gasteiger partial charge in [0.25, 0.3) is 0 Å². The van der Waals surface area contributed by atoms with E-state index in [4.69, 9.17) is 56.8 Å². The minimum absolute atomic E-state index is 0.279. The average Bonchev–Trinajstić information content (AvgIpc) is 4.07. The summed E-state index contributed by atoms with van der Waals surface area (Å²) in [7, 11) is 6.52. The molecule has 0 aliphatic carbocycles. The molecular formula is C48H58Br2N8O12. The van der Waals surface area contributed by atoms with Gasteiger partial charge in [-0.2, -0.15) is 10.2 Å². The number of benzene rings is 4. The largest absolute Gasteiger partial charge is 0.491 e. The number of ether oxygens (including phenoxy) is 12. The Morgan fingerprint density at radius 1 is 0.386 bits per heavy atom. The van der Waals surface area contributed by atoms with E-state index in [-0.39, 0.29) is 13.2 Å². The molecule has 0 saturated carbocycles. The molecule has 0 fully saturated rings. The van der Waals surface area contributed by atoms with Crippen LogP contribution in [0, 0.1) is 0 Å². The second kappa shape index (κ2) is 30.4. The summed E-state index contributed by atoms with van der Waals surface area (Å²) in [6.45, 7) is 6.71. The third-order valence-corrected chi connectivity index (χ3v) is 10.5. The van der Waals surface area contributed by atoms with Crippen LogP contribution in [0.4, 0.5) is 11.4 Å². The maximum absolute atomic E-state index is 6.15. The van der Waals surface area contributed by atoms with Crippen molar-refractivity contribution in [2.75, 3.05) is 134 Å². The van der Waals surface area contributed by atoms with Crippen LogP contribution in [0.25, 0.3) is 33.9 Å². The molecule has 0 radical (unpaired) electrons. The molecule has 376 valence electrons. The van der Waals surface area contributed by atoms with E-state index in [1.807, 2.05) is 73.1 Å². The fourth-order valence-corrected chi connectivity index (χ4v) is 7.23. The van der Waals surface area contributed by atoms with E-state index < -0.39 is 0 Å². The van der Waals surface area contributed by atoms with Crippen molar-refractivity contribution in [2.24, 2.45) is 10.2 Å². The highest BCUT2D eigenvalue weighted by Gasteiger charge is 2.14. The third-order valence-electron chi connectivity index (χ3n) is 9.60. The van der Waals surface area contributed by atoms with Gasteiger partial charge in [-0.1, -0.05) is 42.3 Å². The number of methoxy groups -OCH3 is 4. The van der Waals surface area contributed by atoms with Crippen LogP contribution in [-0.4, -0.2) is 164 Å². The normalized spacial score (nSPS) is 11.5. The predicted molar refractivity (Wildman–Crippen MR) is 266 cm³/mol. The van der Waals surface area contributed by atoms with Crippen molar-refractivity contribution in [3.05, 3.63) is 94.1 Å². The van der Waals surface area contributed by atoms with Gasteiger partial charge >= 0.3 is 0 Å². The molecule has 20 nitrogen and oxygen atoms in total. The molecule has 4 aromatic carbocycles. The first kappa shape index (κ1) is 53.9. The van der Waals surface area contributed by atoms with Crippen molar-refractivity contribution < 1.29 is 56.8 Å². The van der Waals surface area contributed by atoms with Crippen molar-refractivity contribution in [3.8, 4) is 56.9 Å². The molecular weight excluding hydrogens is 1040 g/mol. The van der Waals surface area contributed by atoms with Crippen LogP contribution in [0.3, 0.4) is 0 Å². The Balaban J connectivity index is 1.25. The molecule has 2 heterocycles. The van der Waals surface area contributed by atoms with E-state index in [9.17, 15) is 0 Å². The van der Waals surface area contributed by atoms with Crippen LogP contribution in [0.2, 0.25) is 0 Å². The number of hydrogen-bond acceptors (Lipinski definition) is 18. The first-order chi connectivity index (χ1) is 34.3. The fraction of sp³-hybridized carbons (Fsp3) is 0.417. The molecule has 0 aliphatic heterocycles. The Kier molecular flexibility index (Phi) is 23.4. The smallest absolute Gasteiger partial charge is 0.123 e. The maximum Gasteiger partial charge on any atom is 0.123 e. The lowest BCUT2D eigenvalue weighted by Gasteiger charge is -2.11. The Labute approximate surface area is 423 Å². The summed E-state index contributed by atoms with van der Waals surface area (Å²) in [5, 5.41) is 27.3. The summed E-state index contributed by atoms with van der Waals surface area (Å²) in [4.78, 5) is 0. The second-order valence-corrected chi connectivity index (χ2v) is 16.7. The molecule has 0 amide bonds. The Bertz CT molecular complexity index is 2340. The highest BCUT2D eigenvalue weighted by molar-refractivity contribution is 9.10. The third kappa shape index (κ3) is 18.4. The Morgan fingerprint density at radius 3 is 1.06 bits per heavy atom. The number of halogens is 2. The van der Waals surface area contributed by atoms with Crippen LogP contribution in [0.1, 0.15) is 0 Å². The van der Waals surface area contributed by atoms with E-state index in [1.165, 1.54) is 0 Å². The number of rotatable bonds is 34. The van der Waals surface area contributed by atoms with Gasteiger partial charge in [-0.3, -0.25) is 0 Å². The summed E-state index contributed by atoms with van der Waals surface area (Å²) in [5.74, 6) is 2.33. The maximum atomic E-state index is 6.15. The van der Waals surface area contributed by atoms with Crippen LogP contribution >= 0.6 is 31.9 Å². The van der Waals surface area contributed by atoms with Gasteiger partial charge in [0.2, 0.25) is 0 Å². The van der Waals surface area contributed by atoms with Gasteiger partial charge in [-0.05, 0) is 48.5 Å². The minimum Gasteiger partial charge on any atom is -0.491 e. The lowest BCUT2D eigenvalue weighted by atomic mass is 10.1. The van der Waals surface area contributed by atoms with Crippen molar-refractivity contribution in [1.82, 2.24) is 30.0 Å². The number of hydrogen-bond donors (Lipinski definition) is 0. The standard InChI is InChI=1S/C48H58Br2N8O12/c1-59-5-9-63-13-17-67-43-23-35(21-37(49)25-43)47-33-57(55-53-47)41-27-39(29-45(31-41)69-19-15-65-11-7-61-3)51-52-40-28-42(32-46(30-40)70-20-16-66-12-8-62-4)58-34-48(54-56-58)36-22-38(50)26-44(24-36)68-18-14-64-10-6-60-2/h21-34H,5-20H2,1-4H3. The Morgan fingerprint density at radius 2 is 0.714 bits per heavy atom. The SMILES string of the molecule is COCCOCCOc1cc(Br)cc(-c2cn(-c3cc(N=Nc4cc(OCCOCCOC)cc(-n5cc(-c6cc(Br)cc(OCCOCCOC)c6)nn5)c4)cc(OCCOCCOC)c3)nn2)c1. The van der Waals surface area contributed by atoms with Crippen molar-refractivity contribution >= 4 is 43.2 Å². The number of nitrogens with zero attached hydrogens (tertiary/aromatic N) is 8. The average molecular weight is 1100 g/mol. The molecule has 0 aliphatic rings. The van der Waals surface area contributed by atoms with Gasteiger partial charge in [0.15, 0.2) is 0 Å². The van der Waals surface area contributed by atoms with E-state index in [0.717, 1.165) is 20.1 Å². The molecule has 0 spiro atoms. The van der Waals surface area contributed by atoms with Crippen LogP contribution in [-0.2, 0) is 37.9 Å². The molecule has 6 rings (SSSR count). The first-order valence-electron chi connectivity index (χ1n) is 22.3. The summed E-state index contributed by atoms with van der Waals surface area (Å²) < 4.78 is 71.8. The molecule has 2 aromatic heterocycles. The highest BCUT2D eigenvalue weighted by Crippen LogP contribution is 2.33. The summed E-state index contributed by atoms with van der Waals surface area (Å²) in [5.41, 5.74) is 5.02. The van der Waals surface area contributed by atoms with Crippen LogP contribution < -0.4 is 18.9 Å². The van der Waals surface area contributed by atoms with Crippen LogP contribution in [0.5, 0.6) is 23.0 Å². The zero-order valence-corrected chi connectivity index (χ0v) is 42.8. The van der Waals surface area contributed by atoms with Gasteiger partial charge in [0.05, 0.1) is 114 Å². The summed E-state index contributed by atoms with van der Waals surface area (Å²) >= 11 is 7.21. The van der Waals surface area contributed by atoms with Gasteiger partial charge in [0.1, 0.15) is 60.8 Å². The zero-order chi connectivity index (χ0) is 49.2. The quantitative estimate of drug-likeness (QED) is 0.0276. The van der Waals surface area contributed by atoms with E-state index >= 15 is 0 Å². The molecule has 0 saturated heterocycles. The molecule has 0 unspecified atom stereocenters. The number of aromatic nitrogens is 6. The van der Waals surface area contributed by atoms with Gasteiger partial charge in [-0.25, -0.2) is 9.36 Å². The van der Waals surface area contributed by atoms with Gasteiger partial charge < -0.3 is 56.8 Å². The molecule has 0 bridgehead atoms. The highest BCUT2D eigenvalue weighted by atomic mass is 79.9. The minimum atomic E-state index is 0.279. The van der Waals surface area contributed by atoms with Gasteiger partial charge in [0, 0.05) is 72.8 Å². The monoisotopic (exact) mass is 1100 g/mol. The summed E-state index contributed by atoms with van der Waals surface area (Å²) in [6.07, 6.45) is 3.63. The molecule has 0 atom stereocenters. The molecule has 0 N–H and O–H groups in total. The molecule has 22 heteroatoms. The van der Waals surface area contributed by atoms with Crippen LogP contribution in [0.15, 0.2) is 104 Å². The summed E-state index contributed by atoms with van der Waals surface area (Å²) in [6, 6.07) is 22.3.